The lowest BCUT2D eigenvalue weighted by molar-refractivity contribution is -0.131. The number of aryl methyl sites for hydroxylation is 1. The Labute approximate surface area is 145 Å². The van der Waals surface area contributed by atoms with Gasteiger partial charge in [-0.15, -0.1) is 5.10 Å². The van der Waals surface area contributed by atoms with E-state index in [1.54, 1.807) is 4.90 Å². The van der Waals surface area contributed by atoms with Crippen molar-refractivity contribution in [2.75, 3.05) is 13.1 Å². The van der Waals surface area contributed by atoms with Crippen LogP contribution in [-0.4, -0.2) is 34.4 Å². The molecule has 2 aromatic rings. The van der Waals surface area contributed by atoms with Crippen LogP contribution in [0.1, 0.15) is 33.1 Å². The van der Waals surface area contributed by atoms with Gasteiger partial charge in [0.05, 0.1) is 10.2 Å². The van der Waals surface area contributed by atoms with E-state index in [0.717, 1.165) is 15.0 Å². The fourth-order valence-electron chi connectivity index (χ4n) is 2.49. The van der Waals surface area contributed by atoms with Crippen LogP contribution in [0.15, 0.2) is 29.4 Å². The Hall–Kier alpha value is -2.15. The zero-order chi connectivity index (χ0) is 17.5. The van der Waals surface area contributed by atoms with Gasteiger partial charge in [-0.3, -0.25) is 9.59 Å². The molecule has 0 atom stereocenters. The molecule has 130 valence electrons. The average molecular weight is 348 g/mol. The van der Waals surface area contributed by atoms with Crippen LogP contribution in [0.4, 0.5) is 0 Å². The number of aromatic nitrogens is 1. The second kappa shape index (κ2) is 8.63. The summed E-state index contributed by atoms with van der Waals surface area (Å²) < 4.78 is 3.07. The molecule has 0 radical (unpaired) electrons. The molecule has 2 amide bonds. The van der Waals surface area contributed by atoms with Gasteiger partial charge in [-0.1, -0.05) is 23.5 Å². The largest absolute Gasteiger partial charge is 0.343 e. The highest BCUT2D eigenvalue weighted by Gasteiger charge is 2.10. The highest BCUT2D eigenvalue weighted by atomic mass is 32.1. The van der Waals surface area contributed by atoms with E-state index >= 15 is 0 Å². The minimum absolute atomic E-state index is 0.0978. The Kier molecular flexibility index (Phi) is 6.54. The van der Waals surface area contributed by atoms with E-state index in [1.165, 1.54) is 11.3 Å². The van der Waals surface area contributed by atoms with Crippen molar-refractivity contribution < 1.29 is 9.59 Å². The van der Waals surface area contributed by atoms with E-state index < -0.39 is 0 Å². The summed E-state index contributed by atoms with van der Waals surface area (Å²) in [6.07, 6.45) is 1.23. The van der Waals surface area contributed by atoms with Crippen LogP contribution in [0.3, 0.4) is 0 Å². The van der Waals surface area contributed by atoms with Gasteiger partial charge in [-0.05, 0) is 32.4 Å². The smallest absolute Gasteiger partial charge is 0.240 e. The first kappa shape index (κ1) is 18.2. The van der Waals surface area contributed by atoms with E-state index in [1.807, 2.05) is 49.7 Å². The van der Waals surface area contributed by atoms with Crippen molar-refractivity contribution in [3.63, 3.8) is 0 Å². The molecule has 0 aliphatic heterocycles. The van der Waals surface area contributed by atoms with Crippen LogP contribution in [0.25, 0.3) is 10.2 Å². The Morgan fingerprint density at radius 2 is 1.92 bits per heavy atom. The molecule has 2 rings (SSSR count). The minimum atomic E-state index is -0.167. The molecule has 0 unspecified atom stereocenters. The van der Waals surface area contributed by atoms with Gasteiger partial charge < -0.3 is 9.47 Å². The fourth-order valence-corrected chi connectivity index (χ4v) is 3.47. The molecule has 0 aliphatic carbocycles. The third kappa shape index (κ3) is 4.44. The number of nitrogens with one attached hydrogen (secondary N) is 1. The van der Waals surface area contributed by atoms with Crippen LogP contribution in [-0.2, 0) is 16.6 Å². The molecule has 0 saturated carbocycles. The predicted molar refractivity (Wildman–Crippen MR) is 96.3 cm³/mol. The maximum absolute atomic E-state index is 11.9. The molecule has 0 bridgehead atoms. The molecule has 0 spiro atoms. The second-order valence-corrected chi connectivity index (χ2v) is 6.49. The molecular weight excluding hydrogens is 324 g/mol. The lowest BCUT2D eigenvalue weighted by Gasteiger charge is -2.18. The molecular formula is C17H24N4O2S. The zero-order valence-corrected chi connectivity index (χ0v) is 15.2. The number of carbonyl (C=O) groups excluding carboxylic acids is 2. The van der Waals surface area contributed by atoms with E-state index in [2.05, 4.69) is 10.5 Å². The van der Waals surface area contributed by atoms with Crippen molar-refractivity contribution >= 4 is 33.4 Å². The standard InChI is InChI=1S/C17H24N4O2S/c1-4-21(5-2)16(23)12-8-11-15(22)18-19-17-20(3)13-9-6-7-10-14(13)24-17/h6-7,9-10H,4-5,8,11-12H2,1-3H3,(H,18,22)/b19-17+. The lowest BCUT2D eigenvalue weighted by atomic mass is 10.2. The molecule has 0 aliphatic rings. The summed E-state index contributed by atoms with van der Waals surface area (Å²) in [5.41, 5.74) is 3.67. The van der Waals surface area contributed by atoms with Crippen molar-refractivity contribution in [2.24, 2.45) is 12.1 Å². The quantitative estimate of drug-likeness (QED) is 0.780. The van der Waals surface area contributed by atoms with Gasteiger partial charge in [0, 0.05) is 33.0 Å². The summed E-state index contributed by atoms with van der Waals surface area (Å²) in [5.74, 6) is -0.0690. The van der Waals surface area contributed by atoms with Crippen molar-refractivity contribution in [2.45, 2.75) is 33.1 Å². The summed E-state index contributed by atoms with van der Waals surface area (Å²) >= 11 is 1.53. The van der Waals surface area contributed by atoms with E-state index in [-0.39, 0.29) is 11.8 Å². The molecule has 1 aromatic carbocycles. The minimum Gasteiger partial charge on any atom is -0.343 e. The molecule has 0 fully saturated rings. The van der Waals surface area contributed by atoms with Gasteiger partial charge in [0.1, 0.15) is 0 Å². The monoisotopic (exact) mass is 348 g/mol. The van der Waals surface area contributed by atoms with Gasteiger partial charge in [-0.2, -0.15) is 0 Å². The average Bonchev–Trinajstić information content (AvgIpc) is 2.90. The molecule has 0 saturated heterocycles. The Bertz CT molecular complexity index is 774. The number of benzene rings is 1. The number of thiazole rings is 1. The topological polar surface area (TPSA) is 66.7 Å². The van der Waals surface area contributed by atoms with Crippen LogP contribution in [0, 0.1) is 0 Å². The highest BCUT2D eigenvalue weighted by molar-refractivity contribution is 7.16. The molecule has 24 heavy (non-hydrogen) atoms. The summed E-state index contributed by atoms with van der Waals surface area (Å²) in [6.45, 7) is 5.33. The number of fused-ring (bicyclic) bond motifs is 1. The predicted octanol–water partition coefficient (Wildman–Crippen LogP) is 2.21. The Balaban J connectivity index is 1.88. The van der Waals surface area contributed by atoms with Gasteiger partial charge in [-0.25, -0.2) is 5.43 Å². The lowest BCUT2D eigenvalue weighted by Crippen LogP contribution is -2.30. The van der Waals surface area contributed by atoms with E-state index in [9.17, 15) is 9.59 Å². The number of rotatable bonds is 7. The maximum Gasteiger partial charge on any atom is 0.240 e. The van der Waals surface area contributed by atoms with Crippen LogP contribution in [0.2, 0.25) is 0 Å². The number of amides is 2. The maximum atomic E-state index is 11.9. The first-order valence-electron chi connectivity index (χ1n) is 8.21. The van der Waals surface area contributed by atoms with Crippen LogP contribution < -0.4 is 10.2 Å². The normalized spacial score (nSPS) is 11.7. The number of hydrogen-bond acceptors (Lipinski definition) is 4. The highest BCUT2D eigenvalue weighted by Crippen LogP contribution is 2.14. The van der Waals surface area contributed by atoms with Gasteiger partial charge in [0.2, 0.25) is 16.6 Å². The molecule has 1 heterocycles. The Morgan fingerprint density at radius 1 is 1.21 bits per heavy atom. The van der Waals surface area contributed by atoms with Gasteiger partial charge >= 0.3 is 0 Å². The van der Waals surface area contributed by atoms with Crippen molar-refractivity contribution in [3.05, 3.63) is 29.1 Å². The molecule has 7 heteroatoms. The van der Waals surface area contributed by atoms with E-state index in [4.69, 9.17) is 0 Å². The van der Waals surface area contributed by atoms with Crippen molar-refractivity contribution in [1.29, 1.82) is 0 Å². The zero-order valence-electron chi connectivity index (χ0n) is 14.4. The number of hydrogen-bond donors (Lipinski definition) is 1. The van der Waals surface area contributed by atoms with Gasteiger partial charge in [0.15, 0.2) is 0 Å². The van der Waals surface area contributed by atoms with E-state index in [0.29, 0.717) is 32.4 Å². The van der Waals surface area contributed by atoms with Crippen LogP contribution >= 0.6 is 11.3 Å². The molecule has 1 aromatic heterocycles. The number of carbonyl (C=O) groups is 2. The third-order valence-electron chi connectivity index (χ3n) is 3.90. The summed E-state index contributed by atoms with van der Waals surface area (Å²) in [4.78, 5) is 26.3. The fraction of sp³-hybridized carbons (Fsp3) is 0.471. The van der Waals surface area contributed by atoms with Crippen LogP contribution in [0.5, 0.6) is 0 Å². The summed E-state index contributed by atoms with van der Waals surface area (Å²) in [7, 11) is 1.92. The van der Waals surface area contributed by atoms with Gasteiger partial charge in [0.25, 0.3) is 0 Å². The Morgan fingerprint density at radius 3 is 2.58 bits per heavy atom. The van der Waals surface area contributed by atoms with Crippen molar-refractivity contribution in [3.8, 4) is 0 Å². The third-order valence-corrected chi connectivity index (χ3v) is 5.01. The second-order valence-electron chi connectivity index (χ2n) is 5.48. The first-order valence-corrected chi connectivity index (χ1v) is 9.03. The summed E-state index contributed by atoms with van der Waals surface area (Å²) in [6, 6.07) is 8.00. The molecule has 6 nitrogen and oxygen atoms in total. The SMILES string of the molecule is CCN(CC)C(=O)CCCC(=O)N/N=c1/sc2ccccc2n1C. The number of para-hydroxylation sites is 1. The first-order chi connectivity index (χ1) is 11.6. The van der Waals surface area contributed by atoms with Crippen molar-refractivity contribution in [1.82, 2.24) is 14.9 Å². The summed E-state index contributed by atoms with van der Waals surface area (Å²) in [5, 5.41) is 4.19. The molecule has 1 N–H and O–H groups in total. The number of nitrogens with zero attached hydrogens (tertiary/aromatic N) is 3.